The van der Waals surface area contributed by atoms with Gasteiger partial charge in [-0.05, 0) is 5.92 Å². The van der Waals surface area contributed by atoms with Crippen molar-refractivity contribution in [1.29, 1.82) is 0 Å². The Balaban J connectivity index is 2.75. The normalized spacial score (nSPS) is 10.7. The van der Waals surface area contributed by atoms with Crippen molar-refractivity contribution in [2.75, 3.05) is 25.6 Å². The van der Waals surface area contributed by atoms with Crippen LogP contribution in [0.1, 0.15) is 25.5 Å². The van der Waals surface area contributed by atoms with Crippen LogP contribution in [-0.4, -0.2) is 30.2 Å². The first kappa shape index (κ1) is 11.7. The van der Waals surface area contributed by atoms with Crippen LogP contribution in [-0.2, 0) is 4.74 Å². The Labute approximate surface area is 88.9 Å². The molecule has 1 heterocycles. The summed E-state index contributed by atoms with van der Waals surface area (Å²) in [6.07, 6.45) is 0. The third-order valence-electron chi connectivity index (χ3n) is 1.95. The average Bonchev–Trinajstić information content (AvgIpc) is 2.17. The summed E-state index contributed by atoms with van der Waals surface area (Å²) < 4.78 is 4.89. The minimum Gasteiger partial charge on any atom is -0.383 e. The fraction of sp³-hybridized carbons (Fsp3) is 0.600. The molecule has 2 N–H and O–H groups in total. The van der Waals surface area contributed by atoms with Crippen LogP contribution in [0.15, 0.2) is 10.9 Å². The number of nitrogens with zero attached hydrogens (tertiary/aromatic N) is 1. The highest BCUT2D eigenvalue weighted by atomic mass is 16.5. The van der Waals surface area contributed by atoms with Gasteiger partial charge in [0.05, 0.1) is 12.3 Å². The van der Waals surface area contributed by atoms with Gasteiger partial charge in [0.25, 0.3) is 5.56 Å². The summed E-state index contributed by atoms with van der Waals surface area (Å²) in [4.78, 5) is 18.2. The molecule has 1 aromatic rings. The number of hydrogen-bond donors (Lipinski definition) is 2. The first-order valence-electron chi connectivity index (χ1n) is 4.97. The maximum atomic E-state index is 11.3. The van der Waals surface area contributed by atoms with Crippen LogP contribution in [0.25, 0.3) is 0 Å². The second kappa shape index (κ2) is 5.50. The second-order valence-electron chi connectivity index (χ2n) is 3.59. The molecule has 0 amide bonds. The summed E-state index contributed by atoms with van der Waals surface area (Å²) in [6.45, 7) is 5.21. The maximum absolute atomic E-state index is 11.3. The molecular weight excluding hydrogens is 194 g/mol. The number of H-pyrrole nitrogens is 1. The Bertz CT molecular complexity index is 360. The Hall–Kier alpha value is -1.36. The van der Waals surface area contributed by atoms with Gasteiger partial charge in [0, 0.05) is 19.7 Å². The fourth-order valence-electron chi connectivity index (χ4n) is 1.13. The molecular formula is C10H17N3O2. The zero-order valence-corrected chi connectivity index (χ0v) is 9.33. The molecule has 15 heavy (non-hydrogen) atoms. The van der Waals surface area contributed by atoms with Crippen LogP contribution >= 0.6 is 0 Å². The van der Waals surface area contributed by atoms with Gasteiger partial charge in [-0.25, -0.2) is 4.98 Å². The summed E-state index contributed by atoms with van der Waals surface area (Å²) in [5.41, 5.74) is 0.660. The van der Waals surface area contributed by atoms with Crippen molar-refractivity contribution in [1.82, 2.24) is 9.97 Å². The number of anilines is 1. The lowest BCUT2D eigenvalue weighted by atomic mass is 10.1. The molecule has 0 aromatic carbocycles. The van der Waals surface area contributed by atoms with Crippen molar-refractivity contribution >= 4 is 5.95 Å². The van der Waals surface area contributed by atoms with Gasteiger partial charge >= 0.3 is 0 Å². The lowest BCUT2D eigenvalue weighted by Gasteiger charge is -2.08. The number of nitrogens with one attached hydrogen (secondary N) is 2. The van der Waals surface area contributed by atoms with Crippen molar-refractivity contribution in [3.8, 4) is 0 Å². The zero-order valence-electron chi connectivity index (χ0n) is 9.33. The van der Waals surface area contributed by atoms with E-state index in [0.29, 0.717) is 19.1 Å². The molecule has 0 spiro atoms. The predicted octanol–water partition coefficient (Wildman–Crippen LogP) is 0.952. The van der Waals surface area contributed by atoms with E-state index in [9.17, 15) is 4.79 Å². The fourth-order valence-corrected chi connectivity index (χ4v) is 1.13. The summed E-state index contributed by atoms with van der Waals surface area (Å²) in [5.74, 6) is 0.749. The third kappa shape index (κ3) is 3.71. The van der Waals surface area contributed by atoms with Crippen LogP contribution < -0.4 is 10.9 Å². The molecule has 0 aliphatic heterocycles. The van der Waals surface area contributed by atoms with E-state index in [-0.39, 0.29) is 11.5 Å². The Kier molecular flexibility index (Phi) is 4.30. The quantitative estimate of drug-likeness (QED) is 0.712. The topological polar surface area (TPSA) is 67.0 Å². The molecule has 0 saturated heterocycles. The number of hydrogen-bond acceptors (Lipinski definition) is 4. The van der Waals surface area contributed by atoms with Crippen molar-refractivity contribution in [3.05, 3.63) is 22.1 Å². The molecule has 0 aliphatic rings. The molecule has 1 aromatic heterocycles. The highest BCUT2D eigenvalue weighted by Gasteiger charge is 2.04. The monoisotopic (exact) mass is 211 g/mol. The molecule has 0 unspecified atom stereocenters. The van der Waals surface area contributed by atoms with E-state index in [1.165, 1.54) is 6.07 Å². The van der Waals surface area contributed by atoms with E-state index in [4.69, 9.17) is 4.74 Å². The summed E-state index contributed by atoms with van der Waals surface area (Å²) in [7, 11) is 1.63. The number of ether oxygens (including phenoxy) is 1. The van der Waals surface area contributed by atoms with Crippen LogP contribution in [0, 0.1) is 0 Å². The van der Waals surface area contributed by atoms with Crippen LogP contribution in [0.3, 0.4) is 0 Å². The molecule has 84 valence electrons. The van der Waals surface area contributed by atoms with Gasteiger partial charge < -0.3 is 10.1 Å². The Morgan fingerprint density at radius 2 is 2.33 bits per heavy atom. The van der Waals surface area contributed by atoms with Gasteiger partial charge in [-0.15, -0.1) is 0 Å². The average molecular weight is 211 g/mol. The standard InChI is InChI=1S/C10H17N3O2/c1-7(2)8-6-9(14)13-10(12-8)11-4-5-15-3/h6-7H,4-5H2,1-3H3,(H2,11,12,13,14). The number of rotatable bonds is 5. The molecule has 5 heteroatoms. The molecule has 0 atom stereocenters. The molecule has 1 rings (SSSR count). The molecule has 0 radical (unpaired) electrons. The summed E-state index contributed by atoms with van der Waals surface area (Å²) >= 11 is 0. The lowest BCUT2D eigenvalue weighted by Crippen LogP contribution is -2.17. The second-order valence-corrected chi connectivity index (χ2v) is 3.59. The number of aromatic amines is 1. The first-order valence-corrected chi connectivity index (χ1v) is 4.97. The van der Waals surface area contributed by atoms with Gasteiger partial charge in [-0.1, -0.05) is 13.8 Å². The van der Waals surface area contributed by atoms with Gasteiger partial charge in [-0.2, -0.15) is 0 Å². The highest BCUT2D eigenvalue weighted by molar-refractivity contribution is 5.25. The van der Waals surface area contributed by atoms with Crippen molar-refractivity contribution in [2.45, 2.75) is 19.8 Å². The van der Waals surface area contributed by atoms with E-state index in [0.717, 1.165) is 5.69 Å². The van der Waals surface area contributed by atoms with E-state index >= 15 is 0 Å². The predicted molar refractivity (Wildman–Crippen MR) is 59.3 cm³/mol. The third-order valence-corrected chi connectivity index (χ3v) is 1.95. The highest BCUT2D eigenvalue weighted by Crippen LogP contribution is 2.09. The van der Waals surface area contributed by atoms with E-state index in [2.05, 4.69) is 15.3 Å². The molecule has 0 fully saturated rings. The van der Waals surface area contributed by atoms with Crippen molar-refractivity contribution in [3.63, 3.8) is 0 Å². The van der Waals surface area contributed by atoms with E-state index < -0.39 is 0 Å². The van der Waals surface area contributed by atoms with Crippen LogP contribution in [0.4, 0.5) is 5.95 Å². The zero-order chi connectivity index (χ0) is 11.3. The Morgan fingerprint density at radius 3 is 2.93 bits per heavy atom. The summed E-state index contributed by atoms with van der Waals surface area (Å²) in [5, 5.41) is 2.99. The minimum absolute atomic E-state index is 0.131. The van der Waals surface area contributed by atoms with Gasteiger partial charge in [0.2, 0.25) is 5.95 Å². The SMILES string of the molecule is COCCNc1nc(C(C)C)cc(=O)[nH]1. The number of aromatic nitrogens is 2. The van der Waals surface area contributed by atoms with Crippen LogP contribution in [0.2, 0.25) is 0 Å². The number of methoxy groups -OCH3 is 1. The minimum atomic E-state index is -0.131. The van der Waals surface area contributed by atoms with Crippen LogP contribution in [0.5, 0.6) is 0 Å². The van der Waals surface area contributed by atoms with Gasteiger partial charge in [-0.3, -0.25) is 9.78 Å². The summed E-state index contributed by atoms with van der Waals surface area (Å²) in [6, 6.07) is 1.52. The van der Waals surface area contributed by atoms with Crippen molar-refractivity contribution in [2.24, 2.45) is 0 Å². The molecule has 5 nitrogen and oxygen atoms in total. The first-order chi connectivity index (χ1) is 7.13. The molecule has 0 saturated carbocycles. The largest absolute Gasteiger partial charge is 0.383 e. The van der Waals surface area contributed by atoms with Crippen molar-refractivity contribution < 1.29 is 4.74 Å². The smallest absolute Gasteiger partial charge is 0.252 e. The lowest BCUT2D eigenvalue weighted by molar-refractivity contribution is 0.210. The van der Waals surface area contributed by atoms with E-state index in [1.807, 2.05) is 13.8 Å². The maximum Gasteiger partial charge on any atom is 0.252 e. The van der Waals surface area contributed by atoms with E-state index in [1.54, 1.807) is 7.11 Å². The molecule has 0 bridgehead atoms. The Morgan fingerprint density at radius 1 is 1.60 bits per heavy atom. The van der Waals surface area contributed by atoms with Gasteiger partial charge in [0.1, 0.15) is 0 Å². The molecule has 0 aliphatic carbocycles. The van der Waals surface area contributed by atoms with Gasteiger partial charge in [0.15, 0.2) is 0 Å².